The van der Waals surface area contributed by atoms with Gasteiger partial charge >= 0.3 is 0 Å². The maximum absolute atomic E-state index is 4.63. The Morgan fingerprint density at radius 3 is 2.89 bits per heavy atom. The summed E-state index contributed by atoms with van der Waals surface area (Å²) in [6, 6.07) is 0.480. The molecule has 1 aromatic rings. The van der Waals surface area contributed by atoms with E-state index in [4.69, 9.17) is 0 Å². The van der Waals surface area contributed by atoms with E-state index >= 15 is 0 Å². The molecule has 2 unspecified atom stereocenters. The van der Waals surface area contributed by atoms with Crippen LogP contribution in [-0.4, -0.2) is 36.1 Å². The molecule has 0 spiro atoms. The van der Waals surface area contributed by atoms with E-state index in [9.17, 15) is 0 Å². The van der Waals surface area contributed by atoms with Crippen molar-refractivity contribution in [2.45, 2.75) is 40.2 Å². The quantitative estimate of drug-likeness (QED) is 0.868. The lowest BCUT2D eigenvalue weighted by Crippen LogP contribution is -2.29. The highest BCUT2D eigenvalue weighted by molar-refractivity contribution is 7.09. The standard InChI is InChI=1S/C15H27N3S/c1-11(2)7-16-8-14-5-6-18(9-14)13(4)15-17-12(3)10-19-15/h10-11,13-14,16H,5-9H2,1-4H3. The summed E-state index contributed by atoms with van der Waals surface area (Å²) < 4.78 is 0. The van der Waals surface area contributed by atoms with Crippen LogP contribution in [0.1, 0.15) is 43.9 Å². The molecule has 4 heteroatoms. The molecule has 2 atom stereocenters. The molecule has 19 heavy (non-hydrogen) atoms. The summed E-state index contributed by atoms with van der Waals surface area (Å²) in [6.45, 7) is 13.6. The van der Waals surface area contributed by atoms with Gasteiger partial charge in [-0.1, -0.05) is 13.8 Å². The number of thiazole rings is 1. The zero-order valence-electron chi connectivity index (χ0n) is 12.6. The van der Waals surface area contributed by atoms with Gasteiger partial charge < -0.3 is 5.32 Å². The maximum Gasteiger partial charge on any atom is 0.110 e. The summed E-state index contributed by atoms with van der Waals surface area (Å²) >= 11 is 1.80. The highest BCUT2D eigenvalue weighted by atomic mass is 32.1. The average Bonchev–Trinajstić information content (AvgIpc) is 2.97. The Kier molecular flexibility index (Phi) is 5.37. The van der Waals surface area contributed by atoms with Gasteiger partial charge in [0, 0.05) is 17.6 Å². The molecule has 108 valence electrons. The second-order valence-corrected chi connectivity index (χ2v) is 7.09. The Morgan fingerprint density at radius 2 is 2.26 bits per heavy atom. The molecule has 1 N–H and O–H groups in total. The van der Waals surface area contributed by atoms with Crippen LogP contribution in [0.3, 0.4) is 0 Å². The Bertz CT molecular complexity index is 388. The van der Waals surface area contributed by atoms with E-state index in [0.29, 0.717) is 6.04 Å². The van der Waals surface area contributed by atoms with E-state index in [0.717, 1.165) is 30.6 Å². The van der Waals surface area contributed by atoms with Gasteiger partial charge in [0.1, 0.15) is 5.01 Å². The van der Waals surface area contributed by atoms with Crippen LogP contribution < -0.4 is 5.32 Å². The summed E-state index contributed by atoms with van der Waals surface area (Å²) in [5.74, 6) is 1.55. The van der Waals surface area contributed by atoms with Crippen molar-refractivity contribution >= 4 is 11.3 Å². The molecule has 0 amide bonds. The van der Waals surface area contributed by atoms with Crippen LogP contribution in [0.15, 0.2) is 5.38 Å². The lowest BCUT2D eigenvalue weighted by atomic mass is 10.1. The fourth-order valence-electron chi connectivity index (χ4n) is 2.68. The molecule has 2 heterocycles. The number of aryl methyl sites for hydroxylation is 1. The van der Waals surface area contributed by atoms with Crippen molar-refractivity contribution in [2.24, 2.45) is 11.8 Å². The highest BCUT2D eigenvalue weighted by Crippen LogP contribution is 2.28. The number of hydrogen-bond donors (Lipinski definition) is 1. The molecule has 0 aromatic carbocycles. The predicted molar refractivity (Wildman–Crippen MR) is 82.7 cm³/mol. The van der Waals surface area contributed by atoms with Crippen LogP contribution in [0.5, 0.6) is 0 Å². The Morgan fingerprint density at radius 1 is 1.47 bits per heavy atom. The second kappa shape index (κ2) is 6.82. The zero-order valence-corrected chi connectivity index (χ0v) is 13.5. The first kappa shape index (κ1) is 14.9. The number of aromatic nitrogens is 1. The number of nitrogens with zero attached hydrogens (tertiary/aromatic N) is 2. The third kappa shape index (κ3) is 4.26. The molecule has 0 aliphatic carbocycles. The number of hydrogen-bond acceptors (Lipinski definition) is 4. The van der Waals surface area contributed by atoms with Crippen molar-refractivity contribution in [1.82, 2.24) is 15.2 Å². The van der Waals surface area contributed by atoms with Crippen molar-refractivity contribution in [2.75, 3.05) is 26.2 Å². The van der Waals surface area contributed by atoms with E-state index in [2.05, 4.69) is 48.3 Å². The van der Waals surface area contributed by atoms with E-state index < -0.39 is 0 Å². The van der Waals surface area contributed by atoms with Crippen LogP contribution in [-0.2, 0) is 0 Å². The van der Waals surface area contributed by atoms with E-state index in [1.165, 1.54) is 24.5 Å². The summed E-state index contributed by atoms with van der Waals surface area (Å²) in [5.41, 5.74) is 1.15. The van der Waals surface area contributed by atoms with Crippen LogP contribution >= 0.6 is 11.3 Å². The minimum atomic E-state index is 0.480. The second-order valence-electron chi connectivity index (χ2n) is 6.20. The monoisotopic (exact) mass is 281 g/mol. The number of likely N-dealkylation sites (tertiary alicyclic amines) is 1. The summed E-state index contributed by atoms with van der Waals surface area (Å²) in [5, 5.41) is 7.02. The topological polar surface area (TPSA) is 28.2 Å². The SMILES string of the molecule is Cc1csc(C(C)N2CCC(CNCC(C)C)C2)n1. The normalized spacial score (nSPS) is 22.3. The van der Waals surface area contributed by atoms with E-state index in [1.54, 1.807) is 11.3 Å². The minimum Gasteiger partial charge on any atom is -0.316 e. The zero-order chi connectivity index (χ0) is 13.8. The van der Waals surface area contributed by atoms with Gasteiger partial charge in [0.05, 0.1) is 6.04 Å². The van der Waals surface area contributed by atoms with Crippen LogP contribution in [0, 0.1) is 18.8 Å². The maximum atomic E-state index is 4.63. The van der Waals surface area contributed by atoms with E-state index in [-0.39, 0.29) is 0 Å². The lowest BCUT2D eigenvalue weighted by Gasteiger charge is -2.22. The first-order valence-corrected chi connectivity index (χ1v) is 8.31. The average molecular weight is 281 g/mol. The van der Waals surface area contributed by atoms with Crippen molar-refractivity contribution in [3.63, 3.8) is 0 Å². The van der Waals surface area contributed by atoms with Crippen molar-refractivity contribution < 1.29 is 0 Å². The third-order valence-electron chi connectivity index (χ3n) is 3.84. The van der Waals surface area contributed by atoms with Gasteiger partial charge in [0.25, 0.3) is 0 Å². The van der Waals surface area contributed by atoms with Gasteiger partial charge in [-0.2, -0.15) is 0 Å². The van der Waals surface area contributed by atoms with Crippen molar-refractivity contribution in [3.05, 3.63) is 16.1 Å². The molecule has 1 aliphatic rings. The lowest BCUT2D eigenvalue weighted by molar-refractivity contribution is 0.250. The van der Waals surface area contributed by atoms with Gasteiger partial charge in [0.15, 0.2) is 0 Å². The third-order valence-corrected chi connectivity index (χ3v) is 4.98. The van der Waals surface area contributed by atoms with Gasteiger partial charge in [-0.05, 0) is 51.7 Å². The minimum absolute atomic E-state index is 0.480. The molecule has 1 aromatic heterocycles. The largest absolute Gasteiger partial charge is 0.316 e. The highest BCUT2D eigenvalue weighted by Gasteiger charge is 2.27. The summed E-state index contributed by atoms with van der Waals surface area (Å²) in [4.78, 5) is 7.21. The van der Waals surface area contributed by atoms with Gasteiger partial charge in [-0.3, -0.25) is 4.90 Å². The Balaban J connectivity index is 1.78. The van der Waals surface area contributed by atoms with Crippen LogP contribution in [0.4, 0.5) is 0 Å². The molecule has 1 fully saturated rings. The summed E-state index contributed by atoms with van der Waals surface area (Å²) in [6.07, 6.45) is 1.32. The molecule has 0 bridgehead atoms. The molecule has 1 saturated heterocycles. The Labute approximate surface area is 121 Å². The molecule has 0 saturated carbocycles. The Hall–Kier alpha value is -0.450. The number of rotatable bonds is 6. The first-order valence-electron chi connectivity index (χ1n) is 7.43. The van der Waals surface area contributed by atoms with Gasteiger partial charge in [-0.25, -0.2) is 4.98 Å². The first-order chi connectivity index (χ1) is 9.06. The fourth-order valence-corrected chi connectivity index (χ4v) is 3.56. The van der Waals surface area contributed by atoms with Crippen LogP contribution in [0.2, 0.25) is 0 Å². The molecular weight excluding hydrogens is 254 g/mol. The summed E-state index contributed by atoms with van der Waals surface area (Å²) in [7, 11) is 0. The van der Waals surface area contributed by atoms with Crippen molar-refractivity contribution in [3.8, 4) is 0 Å². The van der Waals surface area contributed by atoms with Crippen molar-refractivity contribution in [1.29, 1.82) is 0 Å². The fraction of sp³-hybridized carbons (Fsp3) is 0.800. The molecule has 0 radical (unpaired) electrons. The number of nitrogens with one attached hydrogen (secondary N) is 1. The molecule has 2 rings (SSSR count). The van der Waals surface area contributed by atoms with Crippen LogP contribution in [0.25, 0.3) is 0 Å². The smallest absolute Gasteiger partial charge is 0.110 e. The van der Waals surface area contributed by atoms with E-state index in [1.807, 2.05) is 0 Å². The predicted octanol–water partition coefficient (Wildman–Crippen LogP) is 3.08. The molecule has 1 aliphatic heterocycles. The van der Waals surface area contributed by atoms with Gasteiger partial charge in [-0.15, -0.1) is 11.3 Å². The molecular formula is C15H27N3S. The molecule has 3 nitrogen and oxygen atoms in total. The van der Waals surface area contributed by atoms with Gasteiger partial charge in [0.2, 0.25) is 0 Å².